The van der Waals surface area contributed by atoms with Crippen molar-refractivity contribution < 1.29 is 9.90 Å². The molecule has 0 aliphatic heterocycles. The van der Waals surface area contributed by atoms with Gasteiger partial charge in [-0.3, -0.25) is 0 Å². The van der Waals surface area contributed by atoms with E-state index in [-0.39, 0.29) is 16.6 Å². The van der Waals surface area contributed by atoms with E-state index in [2.05, 4.69) is 5.32 Å². The molecule has 1 unspecified atom stereocenters. The molecule has 5 heteroatoms. The second kappa shape index (κ2) is 5.58. The molecule has 2 aromatic rings. The third-order valence-electron chi connectivity index (χ3n) is 3.72. The maximum Gasteiger partial charge on any atom is 0.337 e. The lowest BCUT2D eigenvalue weighted by Crippen LogP contribution is -2.08. The van der Waals surface area contributed by atoms with E-state index < -0.39 is 5.97 Å². The predicted molar refractivity (Wildman–Crippen MR) is 84.5 cm³/mol. The molecule has 1 aliphatic rings. The summed E-state index contributed by atoms with van der Waals surface area (Å²) < 4.78 is 0. The number of halogens is 2. The number of benzene rings is 2. The van der Waals surface area contributed by atoms with Crippen LogP contribution in [-0.4, -0.2) is 11.1 Å². The second-order valence-corrected chi connectivity index (χ2v) is 5.92. The Balaban J connectivity index is 1.86. The summed E-state index contributed by atoms with van der Waals surface area (Å²) in [5.74, 6) is -1.03. The van der Waals surface area contributed by atoms with E-state index >= 15 is 0 Å². The van der Waals surface area contributed by atoms with Gasteiger partial charge in [-0.25, -0.2) is 4.79 Å². The zero-order valence-corrected chi connectivity index (χ0v) is 12.6. The fourth-order valence-corrected chi connectivity index (χ4v) is 3.11. The summed E-state index contributed by atoms with van der Waals surface area (Å²) >= 11 is 11.9. The van der Waals surface area contributed by atoms with Crippen LogP contribution < -0.4 is 5.32 Å². The molecule has 2 N–H and O–H groups in total. The van der Waals surface area contributed by atoms with Crippen molar-refractivity contribution in [2.45, 2.75) is 18.9 Å². The van der Waals surface area contributed by atoms with E-state index in [1.54, 1.807) is 18.2 Å². The van der Waals surface area contributed by atoms with Gasteiger partial charge in [0, 0.05) is 10.7 Å². The van der Waals surface area contributed by atoms with E-state index in [1.807, 2.05) is 18.2 Å². The molecule has 0 aromatic heterocycles. The highest BCUT2D eigenvalue weighted by Crippen LogP contribution is 2.35. The molecular weight excluding hydrogens is 309 g/mol. The molecule has 0 amide bonds. The van der Waals surface area contributed by atoms with Gasteiger partial charge in [-0.05, 0) is 54.3 Å². The smallest absolute Gasteiger partial charge is 0.337 e. The molecular formula is C16H13Cl2NO2. The number of hydrogen-bond donors (Lipinski definition) is 2. The van der Waals surface area contributed by atoms with E-state index in [1.165, 1.54) is 11.1 Å². The topological polar surface area (TPSA) is 49.3 Å². The van der Waals surface area contributed by atoms with E-state index in [0.717, 1.165) is 23.6 Å². The molecule has 0 spiro atoms. The van der Waals surface area contributed by atoms with Gasteiger partial charge in [0.2, 0.25) is 0 Å². The molecule has 1 atom stereocenters. The predicted octanol–water partition coefficient (Wildman–Crippen LogP) is 4.79. The molecule has 108 valence electrons. The third-order valence-corrected chi connectivity index (χ3v) is 4.29. The number of nitrogens with one attached hydrogen (secondary N) is 1. The van der Waals surface area contributed by atoms with Gasteiger partial charge in [0.25, 0.3) is 0 Å². The number of carbonyl (C=O) groups is 1. The molecule has 3 nitrogen and oxygen atoms in total. The lowest BCUT2D eigenvalue weighted by molar-refractivity contribution is 0.0697. The minimum atomic E-state index is -1.03. The number of aryl methyl sites for hydroxylation is 1. The number of carboxylic acid groups (broad SMARTS) is 1. The second-order valence-electron chi connectivity index (χ2n) is 5.08. The summed E-state index contributed by atoms with van der Waals surface area (Å²) in [6.45, 7) is 0. The minimum Gasteiger partial charge on any atom is -0.478 e. The highest BCUT2D eigenvalue weighted by atomic mass is 35.5. The summed E-state index contributed by atoms with van der Waals surface area (Å²) in [6.07, 6.45) is 1.92. The Kier molecular flexibility index (Phi) is 3.79. The lowest BCUT2D eigenvalue weighted by Gasteiger charge is -2.16. The van der Waals surface area contributed by atoms with Gasteiger partial charge in [0.15, 0.2) is 0 Å². The highest BCUT2D eigenvalue weighted by Gasteiger charge is 2.22. The van der Waals surface area contributed by atoms with Crippen molar-refractivity contribution in [1.29, 1.82) is 0 Å². The first kappa shape index (κ1) is 14.2. The Morgan fingerprint density at radius 2 is 2.00 bits per heavy atom. The Bertz CT molecular complexity index is 715. The SMILES string of the molecule is O=C(O)c1cc(NC2CCc3cc(Cl)ccc32)ccc1Cl. The van der Waals surface area contributed by atoms with Crippen LogP contribution in [0.4, 0.5) is 5.69 Å². The van der Waals surface area contributed by atoms with Gasteiger partial charge in [-0.2, -0.15) is 0 Å². The van der Waals surface area contributed by atoms with Crippen LogP contribution in [0, 0.1) is 0 Å². The average molecular weight is 322 g/mol. The molecule has 1 aliphatic carbocycles. The van der Waals surface area contributed by atoms with Crippen molar-refractivity contribution in [2.75, 3.05) is 5.32 Å². The Labute approximate surface area is 132 Å². The molecule has 0 fully saturated rings. The molecule has 3 rings (SSSR count). The quantitative estimate of drug-likeness (QED) is 0.854. The molecule has 2 aromatic carbocycles. The number of aromatic carboxylic acids is 1. The molecule has 0 heterocycles. The summed E-state index contributed by atoms with van der Waals surface area (Å²) in [5.41, 5.74) is 3.32. The van der Waals surface area contributed by atoms with Gasteiger partial charge in [0.1, 0.15) is 0 Å². The number of hydrogen-bond acceptors (Lipinski definition) is 2. The highest BCUT2D eigenvalue weighted by molar-refractivity contribution is 6.33. The maximum absolute atomic E-state index is 11.1. The van der Waals surface area contributed by atoms with Gasteiger partial charge in [-0.15, -0.1) is 0 Å². The zero-order valence-electron chi connectivity index (χ0n) is 11.1. The first-order valence-corrected chi connectivity index (χ1v) is 7.38. The van der Waals surface area contributed by atoms with Crippen molar-refractivity contribution in [3.63, 3.8) is 0 Å². The minimum absolute atomic E-state index is 0.107. The Hall–Kier alpha value is -1.71. The standard InChI is InChI=1S/C16H13Cl2NO2/c17-10-2-4-12-9(7-10)1-6-15(12)19-11-3-5-14(18)13(8-11)16(20)21/h2-5,7-8,15,19H,1,6H2,(H,20,21). The van der Waals surface area contributed by atoms with Crippen molar-refractivity contribution in [2.24, 2.45) is 0 Å². The molecule has 0 saturated heterocycles. The average Bonchev–Trinajstić information content (AvgIpc) is 2.83. The first-order chi connectivity index (χ1) is 10.0. The van der Waals surface area contributed by atoms with Gasteiger partial charge in [-0.1, -0.05) is 29.3 Å². The lowest BCUT2D eigenvalue weighted by atomic mass is 10.1. The molecule has 0 bridgehead atoms. The number of rotatable bonds is 3. The van der Waals surface area contributed by atoms with Crippen molar-refractivity contribution >= 4 is 34.9 Å². The Morgan fingerprint density at radius 1 is 1.19 bits per heavy atom. The zero-order chi connectivity index (χ0) is 15.0. The van der Waals surface area contributed by atoms with Crippen LogP contribution in [0.5, 0.6) is 0 Å². The summed E-state index contributed by atoms with van der Waals surface area (Å²) in [7, 11) is 0. The molecule has 0 saturated carbocycles. The van der Waals surface area contributed by atoms with Gasteiger partial charge in [0.05, 0.1) is 16.6 Å². The fourth-order valence-electron chi connectivity index (χ4n) is 2.72. The normalized spacial score (nSPS) is 16.6. The summed E-state index contributed by atoms with van der Waals surface area (Å²) in [4.78, 5) is 11.1. The van der Waals surface area contributed by atoms with E-state index in [4.69, 9.17) is 28.3 Å². The van der Waals surface area contributed by atoms with Crippen LogP contribution in [0.15, 0.2) is 36.4 Å². The van der Waals surface area contributed by atoms with Crippen molar-refractivity contribution in [3.05, 3.63) is 63.1 Å². The summed E-state index contributed by atoms with van der Waals surface area (Å²) in [6, 6.07) is 11.0. The number of carboxylic acids is 1. The van der Waals surface area contributed by atoms with Crippen LogP contribution >= 0.6 is 23.2 Å². The van der Waals surface area contributed by atoms with Crippen LogP contribution in [-0.2, 0) is 6.42 Å². The number of fused-ring (bicyclic) bond motifs is 1. The van der Waals surface area contributed by atoms with E-state index in [9.17, 15) is 4.79 Å². The molecule has 21 heavy (non-hydrogen) atoms. The van der Waals surface area contributed by atoms with Crippen LogP contribution in [0.1, 0.15) is 33.9 Å². The summed E-state index contributed by atoms with van der Waals surface area (Å²) in [5, 5.41) is 13.5. The van der Waals surface area contributed by atoms with Crippen molar-refractivity contribution in [3.8, 4) is 0 Å². The van der Waals surface area contributed by atoms with Crippen LogP contribution in [0.2, 0.25) is 10.0 Å². The van der Waals surface area contributed by atoms with Crippen LogP contribution in [0.25, 0.3) is 0 Å². The van der Waals surface area contributed by atoms with Gasteiger partial charge >= 0.3 is 5.97 Å². The van der Waals surface area contributed by atoms with Crippen molar-refractivity contribution in [1.82, 2.24) is 0 Å². The largest absolute Gasteiger partial charge is 0.478 e. The fraction of sp³-hybridized carbons (Fsp3) is 0.188. The third kappa shape index (κ3) is 2.85. The number of anilines is 1. The van der Waals surface area contributed by atoms with E-state index in [0.29, 0.717) is 0 Å². The first-order valence-electron chi connectivity index (χ1n) is 6.62. The molecule has 0 radical (unpaired) electrons. The monoisotopic (exact) mass is 321 g/mol. The maximum atomic E-state index is 11.1. The van der Waals surface area contributed by atoms with Gasteiger partial charge < -0.3 is 10.4 Å². The Morgan fingerprint density at radius 3 is 2.76 bits per heavy atom. The van der Waals surface area contributed by atoms with Crippen LogP contribution in [0.3, 0.4) is 0 Å².